The van der Waals surface area contributed by atoms with Crippen LogP contribution in [0.25, 0.3) is 0 Å². The van der Waals surface area contributed by atoms with Crippen LogP contribution in [0.5, 0.6) is 11.5 Å². The minimum absolute atomic E-state index is 0.661. The third kappa shape index (κ3) is 2.92. The normalized spacial score (nSPS) is 9.77. The van der Waals surface area contributed by atoms with Crippen LogP contribution in [0.15, 0.2) is 22.7 Å². The van der Waals surface area contributed by atoms with Crippen molar-refractivity contribution in [3.05, 3.63) is 22.7 Å². The lowest BCUT2D eigenvalue weighted by atomic mass is 10.3. The molecule has 72 valence electrons. The highest BCUT2D eigenvalue weighted by atomic mass is 79.9. The third-order valence-electron chi connectivity index (χ3n) is 1.51. The van der Waals surface area contributed by atoms with E-state index in [2.05, 4.69) is 15.9 Å². The van der Waals surface area contributed by atoms with Crippen molar-refractivity contribution in [1.29, 1.82) is 0 Å². The molecule has 0 aliphatic heterocycles. The summed E-state index contributed by atoms with van der Waals surface area (Å²) in [6.07, 6.45) is 0. The molecule has 1 aromatic rings. The summed E-state index contributed by atoms with van der Waals surface area (Å²) in [5.41, 5.74) is 0. The van der Waals surface area contributed by atoms with Crippen molar-refractivity contribution >= 4 is 15.9 Å². The topological polar surface area (TPSA) is 18.5 Å². The van der Waals surface area contributed by atoms with Gasteiger partial charge in [0.05, 0.1) is 17.7 Å². The highest BCUT2D eigenvalue weighted by molar-refractivity contribution is 9.10. The first-order chi connectivity index (χ1) is 6.27. The standard InChI is InChI=1S/C10H13BrO2/c1-3-12-8-5-6-9(11)10(7-8)13-4-2/h5-7H,3-4H2,1-2H3. The Morgan fingerprint density at radius 3 is 2.46 bits per heavy atom. The second kappa shape index (κ2) is 5.12. The van der Waals surface area contributed by atoms with Gasteiger partial charge in [-0.15, -0.1) is 0 Å². The number of halogens is 1. The van der Waals surface area contributed by atoms with Crippen LogP contribution in [-0.4, -0.2) is 13.2 Å². The summed E-state index contributed by atoms with van der Waals surface area (Å²) in [5.74, 6) is 1.67. The lowest BCUT2D eigenvalue weighted by molar-refractivity contribution is 0.322. The molecule has 0 amide bonds. The largest absolute Gasteiger partial charge is 0.494 e. The first kappa shape index (κ1) is 10.4. The van der Waals surface area contributed by atoms with E-state index < -0.39 is 0 Å². The van der Waals surface area contributed by atoms with Crippen LogP contribution in [0.3, 0.4) is 0 Å². The van der Waals surface area contributed by atoms with E-state index in [4.69, 9.17) is 9.47 Å². The van der Waals surface area contributed by atoms with Gasteiger partial charge < -0.3 is 9.47 Å². The van der Waals surface area contributed by atoms with Crippen molar-refractivity contribution in [2.45, 2.75) is 13.8 Å². The number of hydrogen-bond acceptors (Lipinski definition) is 2. The Balaban J connectivity index is 2.83. The molecule has 0 fully saturated rings. The quantitative estimate of drug-likeness (QED) is 0.810. The minimum atomic E-state index is 0.661. The molecule has 0 heterocycles. The molecule has 0 aliphatic rings. The van der Waals surface area contributed by atoms with Gasteiger partial charge in [-0.3, -0.25) is 0 Å². The Kier molecular flexibility index (Phi) is 4.09. The smallest absolute Gasteiger partial charge is 0.137 e. The Hall–Kier alpha value is -0.700. The van der Waals surface area contributed by atoms with E-state index in [-0.39, 0.29) is 0 Å². The van der Waals surface area contributed by atoms with E-state index in [1.807, 2.05) is 32.0 Å². The van der Waals surface area contributed by atoms with Crippen molar-refractivity contribution in [2.24, 2.45) is 0 Å². The van der Waals surface area contributed by atoms with E-state index in [0.29, 0.717) is 13.2 Å². The monoisotopic (exact) mass is 244 g/mol. The maximum absolute atomic E-state index is 5.40. The van der Waals surface area contributed by atoms with E-state index in [1.54, 1.807) is 0 Å². The van der Waals surface area contributed by atoms with Gasteiger partial charge in [-0.25, -0.2) is 0 Å². The lowest BCUT2D eigenvalue weighted by Gasteiger charge is -2.08. The average Bonchev–Trinajstić information content (AvgIpc) is 2.12. The van der Waals surface area contributed by atoms with Crippen molar-refractivity contribution in [3.8, 4) is 11.5 Å². The number of benzene rings is 1. The Bertz CT molecular complexity index is 274. The molecule has 0 radical (unpaired) electrons. The Morgan fingerprint density at radius 1 is 1.15 bits per heavy atom. The molecule has 0 spiro atoms. The van der Waals surface area contributed by atoms with Crippen molar-refractivity contribution < 1.29 is 9.47 Å². The Labute approximate surface area is 87.0 Å². The molecule has 0 N–H and O–H groups in total. The molecule has 0 saturated heterocycles. The predicted octanol–water partition coefficient (Wildman–Crippen LogP) is 3.25. The predicted molar refractivity (Wildman–Crippen MR) is 56.5 cm³/mol. The number of ether oxygens (including phenoxy) is 2. The van der Waals surface area contributed by atoms with Gasteiger partial charge >= 0.3 is 0 Å². The van der Waals surface area contributed by atoms with Crippen molar-refractivity contribution in [2.75, 3.05) is 13.2 Å². The zero-order chi connectivity index (χ0) is 9.68. The summed E-state index contributed by atoms with van der Waals surface area (Å²) in [7, 11) is 0. The summed E-state index contributed by atoms with van der Waals surface area (Å²) in [6.45, 7) is 5.25. The van der Waals surface area contributed by atoms with Crippen LogP contribution in [0.1, 0.15) is 13.8 Å². The van der Waals surface area contributed by atoms with Gasteiger partial charge in [0.25, 0.3) is 0 Å². The molecule has 13 heavy (non-hydrogen) atoms. The van der Waals surface area contributed by atoms with Gasteiger partial charge in [0.1, 0.15) is 11.5 Å². The highest BCUT2D eigenvalue weighted by Gasteiger charge is 2.01. The average molecular weight is 245 g/mol. The van der Waals surface area contributed by atoms with E-state index in [9.17, 15) is 0 Å². The van der Waals surface area contributed by atoms with Crippen LogP contribution >= 0.6 is 15.9 Å². The zero-order valence-electron chi connectivity index (χ0n) is 7.84. The molecule has 0 unspecified atom stereocenters. The van der Waals surface area contributed by atoms with Crippen molar-refractivity contribution in [3.63, 3.8) is 0 Å². The highest BCUT2D eigenvalue weighted by Crippen LogP contribution is 2.29. The molecule has 1 aromatic carbocycles. The van der Waals surface area contributed by atoms with E-state index in [1.165, 1.54) is 0 Å². The molecule has 0 atom stereocenters. The van der Waals surface area contributed by atoms with Gasteiger partial charge in [0, 0.05) is 6.07 Å². The molecule has 2 nitrogen and oxygen atoms in total. The van der Waals surface area contributed by atoms with E-state index >= 15 is 0 Å². The third-order valence-corrected chi connectivity index (χ3v) is 2.17. The molecule has 0 aromatic heterocycles. The minimum Gasteiger partial charge on any atom is -0.494 e. The number of hydrogen-bond donors (Lipinski definition) is 0. The van der Waals surface area contributed by atoms with Crippen LogP contribution in [0.4, 0.5) is 0 Å². The second-order valence-electron chi connectivity index (χ2n) is 2.46. The summed E-state index contributed by atoms with van der Waals surface area (Å²) in [4.78, 5) is 0. The summed E-state index contributed by atoms with van der Waals surface area (Å²) >= 11 is 3.40. The fraction of sp³-hybridized carbons (Fsp3) is 0.400. The summed E-state index contributed by atoms with van der Waals surface area (Å²) in [5, 5.41) is 0. The lowest BCUT2D eigenvalue weighted by Crippen LogP contribution is -1.95. The molecular weight excluding hydrogens is 232 g/mol. The molecule has 0 saturated carbocycles. The summed E-state index contributed by atoms with van der Waals surface area (Å²) in [6, 6.07) is 5.73. The van der Waals surface area contributed by atoms with Crippen LogP contribution in [0, 0.1) is 0 Å². The fourth-order valence-electron chi connectivity index (χ4n) is 1.01. The van der Waals surface area contributed by atoms with Gasteiger partial charge in [-0.1, -0.05) is 0 Å². The van der Waals surface area contributed by atoms with Crippen LogP contribution in [-0.2, 0) is 0 Å². The first-order valence-electron chi connectivity index (χ1n) is 4.33. The van der Waals surface area contributed by atoms with Gasteiger partial charge in [-0.2, -0.15) is 0 Å². The SMILES string of the molecule is CCOc1ccc(Br)c(OCC)c1. The van der Waals surface area contributed by atoms with Crippen molar-refractivity contribution in [1.82, 2.24) is 0 Å². The zero-order valence-corrected chi connectivity index (χ0v) is 9.43. The first-order valence-corrected chi connectivity index (χ1v) is 5.12. The summed E-state index contributed by atoms with van der Waals surface area (Å²) < 4.78 is 11.7. The molecule has 1 rings (SSSR count). The van der Waals surface area contributed by atoms with Gasteiger partial charge in [0.2, 0.25) is 0 Å². The van der Waals surface area contributed by atoms with Gasteiger partial charge in [0.15, 0.2) is 0 Å². The Morgan fingerprint density at radius 2 is 1.85 bits per heavy atom. The second-order valence-corrected chi connectivity index (χ2v) is 3.31. The maximum Gasteiger partial charge on any atom is 0.137 e. The number of rotatable bonds is 4. The fourth-order valence-corrected chi connectivity index (χ4v) is 1.37. The molecular formula is C10H13BrO2. The van der Waals surface area contributed by atoms with Crippen LogP contribution < -0.4 is 9.47 Å². The molecule has 0 bridgehead atoms. The van der Waals surface area contributed by atoms with Gasteiger partial charge in [-0.05, 0) is 41.9 Å². The van der Waals surface area contributed by atoms with Crippen LogP contribution in [0.2, 0.25) is 0 Å². The molecule has 0 aliphatic carbocycles. The molecule has 3 heteroatoms. The maximum atomic E-state index is 5.40. The van der Waals surface area contributed by atoms with E-state index in [0.717, 1.165) is 16.0 Å².